The second-order valence-corrected chi connectivity index (χ2v) is 4.33. The second-order valence-electron chi connectivity index (χ2n) is 4.33. The molecule has 1 aromatic rings. The van der Waals surface area contributed by atoms with Gasteiger partial charge in [-0.1, -0.05) is 22.5 Å². The minimum Gasteiger partial charge on any atom is -0.439 e. The zero-order valence-corrected chi connectivity index (χ0v) is 10.4. The molecule has 0 aliphatic rings. The zero-order valence-electron chi connectivity index (χ0n) is 10.4. The lowest BCUT2D eigenvalue weighted by Crippen LogP contribution is -2.48. The van der Waals surface area contributed by atoms with Gasteiger partial charge < -0.3 is 4.72 Å². The molecule has 2 nitrogen and oxygen atoms in total. The Hall–Kier alpha value is -0.920. The summed E-state index contributed by atoms with van der Waals surface area (Å²) in [6.07, 6.45) is 0. The summed E-state index contributed by atoms with van der Waals surface area (Å²) in [6.45, 7) is 0. The molecule has 1 aromatic carbocycles. The van der Waals surface area contributed by atoms with Crippen LogP contribution in [-0.2, 0) is 0 Å². The second kappa shape index (κ2) is 4.30. The first-order valence-electron chi connectivity index (χ1n) is 5.15. The Morgan fingerprint density at radius 1 is 1.00 bits per heavy atom. The van der Waals surface area contributed by atoms with Crippen molar-refractivity contribution in [2.24, 2.45) is 0 Å². The minimum atomic E-state index is 0.0908. The molecule has 15 heavy (non-hydrogen) atoms. The topological polar surface area (TPSA) is 20.3 Å². The molecular weight excluding hydrogens is 179 g/mol. The van der Waals surface area contributed by atoms with Gasteiger partial charge >= 0.3 is 0 Å². The van der Waals surface area contributed by atoms with Crippen molar-refractivity contribution in [1.29, 1.82) is 0 Å². The van der Waals surface area contributed by atoms with Crippen LogP contribution < -0.4 is 21.9 Å². The van der Waals surface area contributed by atoms with Gasteiger partial charge in [-0.15, -0.1) is 5.46 Å². The smallest absolute Gasteiger partial charge is 0.227 e. The average molecular weight is 192 g/mol. The first-order valence-corrected chi connectivity index (χ1v) is 5.15. The predicted octanol–water partition coefficient (Wildman–Crippen LogP) is -7.74. The summed E-state index contributed by atoms with van der Waals surface area (Å²) < 4.78 is 1.63. The first-order chi connectivity index (χ1) is 6.86. The quantitative estimate of drug-likeness (QED) is 0.405. The van der Waals surface area contributed by atoms with Crippen molar-refractivity contribution in [2.45, 2.75) is 0 Å². The van der Waals surface area contributed by atoms with E-state index in [0.29, 0.717) is 0 Å². The zero-order chi connectivity index (χ0) is 11.7. The van der Waals surface area contributed by atoms with Gasteiger partial charge in [0.2, 0.25) is 21.9 Å². The highest BCUT2D eigenvalue weighted by molar-refractivity contribution is 6.61. The summed E-state index contributed by atoms with van der Waals surface area (Å²) in [7, 11) is 11.7. The van der Waals surface area contributed by atoms with Gasteiger partial charge in [0, 0.05) is 5.56 Å². The lowest BCUT2D eigenvalue weighted by atomic mass is 9.66. The van der Waals surface area contributed by atoms with Gasteiger partial charge in [-0.05, 0) is 0 Å². The number of carbonyl (C=O) groups excluding carboxylic acids is 1. The third-order valence-electron chi connectivity index (χ3n) is 2.98. The van der Waals surface area contributed by atoms with E-state index in [9.17, 15) is 4.79 Å². The van der Waals surface area contributed by atoms with E-state index >= 15 is 0 Å². The number of hydrogen-bond donors (Lipinski definition) is 0. The average Bonchev–Trinajstić information content (AvgIpc) is 2.14. The van der Waals surface area contributed by atoms with E-state index in [1.165, 1.54) is 10.9 Å². The Morgan fingerprint density at radius 3 is 2.00 bits per heavy atom. The van der Waals surface area contributed by atoms with Crippen molar-refractivity contribution in [2.75, 3.05) is 0 Å². The van der Waals surface area contributed by atoms with Crippen LogP contribution in [0.5, 0.6) is 0 Å². The molecule has 0 saturated heterocycles. The molecule has 0 radical (unpaired) electrons. The van der Waals surface area contributed by atoms with E-state index in [2.05, 4.69) is 21.8 Å². The lowest BCUT2D eigenvalue weighted by Gasteiger charge is -2.19. The van der Waals surface area contributed by atoms with E-state index in [0.717, 1.165) is 16.5 Å². The van der Waals surface area contributed by atoms with Crippen LogP contribution in [0.15, 0.2) is 6.07 Å². The SMILES string of the molecule is Bc1cc(B)c(C(=O)N(B)B)c(B)c1B. The van der Waals surface area contributed by atoms with E-state index in [-0.39, 0.29) is 5.91 Å². The Bertz CT molecular complexity index is 418. The number of rotatable bonds is 1. The van der Waals surface area contributed by atoms with Gasteiger partial charge in [-0.25, -0.2) is 0 Å². The van der Waals surface area contributed by atoms with Gasteiger partial charge in [-0.3, -0.25) is 4.79 Å². The highest BCUT2D eigenvalue weighted by Gasteiger charge is 2.15. The molecule has 0 fully saturated rings. The van der Waals surface area contributed by atoms with E-state index in [1.54, 1.807) is 20.7 Å². The number of nitrogens with zero attached hydrogens (tertiary/aromatic N) is 1. The molecule has 1 amide bonds. The summed E-state index contributed by atoms with van der Waals surface area (Å²) in [5.74, 6) is 0.0908. The normalized spacial score (nSPS) is 9.87. The van der Waals surface area contributed by atoms with Gasteiger partial charge in [-0.2, -0.15) is 0 Å². The Kier molecular flexibility index (Phi) is 3.48. The van der Waals surface area contributed by atoms with Gasteiger partial charge in [0.25, 0.3) is 0 Å². The molecular formula is C7H13B6NO. The molecule has 0 spiro atoms. The van der Waals surface area contributed by atoms with Crippen LogP contribution in [0.4, 0.5) is 0 Å². The molecule has 8 heteroatoms. The maximum Gasteiger partial charge on any atom is 0.227 e. The Morgan fingerprint density at radius 2 is 1.53 bits per heavy atom. The molecule has 0 saturated carbocycles. The molecule has 0 heterocycles. The van der Waals surface area contributed by atoms with E-state index in [1.807, 2.05) is 15.7 Å². The molecule has 0 aliphatic carbocycles. The van der Waals surface area contributed by atoms with Crippen molar-refractivity contribution in [3.05, 3.63) is 11.6 Å². The van der Waals surface area contributed by atoms with Crippen molar-refractivity contribution < 1.29 is 4.79 Å². The standard InChI is InChI=1S/C7H13B6NO/c8-2-1-3(9)5(10)6(11)4(2)7(15)14(12)13/h1H,8-13H2. The van der Waals surface area contributed by atoms with Crippen molar-refractivity contribution in [3.63, 3.8) is 0 Å². The molecule has 1 rings (SSSR count). The summed E-state index contributed by atoms with van der Waals surface area (Å²) >= 11 is 0. The van der Waals surface area contributed by atoms with E-state index in [4.69, 9.17) is 0 Å². The Labute approximate surface area is 96.7 Å². The number of hydrogen-bond acceptors (Lipinski definition) is 1. The van der Waals surface area contributed by atoms with Crippen molar-refractivity contribution in [1.82, 2.24) is 4.72 Å². The van der Waals surface area contributed by atoms with E-state index < -0.39 is 0 Å². The summed E-state index contributed by atoms with van der Waals surface area (Å²) in [5.41, 5.74) is 5.48. The first kappa shape index (κ1) is 12.2. The molecule has 0 N–H and O–H groups in total. The van der Waals surface area contributed by atoms with Crippen molar-refractivity contribution >= 4 is 75.1 Å². The number of amides is 1. The van der Waals surface area contributed by atoms with Crippen LogP contribution in [0.1, 0.15) is 10.4 Å². The Balaban J connectivity index is 3.43. The van der Waals surface area contributed by atoms with Crippen LogP contribution in [0.3, 0.4) is 0 Å². The van der Waals surface area contributed by atoms with Gasteiger partial charge in [0.15, 0.2) is 0 Å². The molecule has 0 atom stereocenters. The molecule has 0 aromatic heterocycles. The summed E-state index contributed by atoms with van der Waals surface area (Å²) in [4.78, 5) is 12.0. The van der Waals surface area contributed by atoms with Crippen LogP contribution in [0.2, 0.25) is 0 Å². The maximum atomic E-state index is 12.0. The van der Waals surface area contributed by atoms with Crippen LogP contribution in [0.25, 0.3) is 0 Å². The minimum absolute atomic E-state index is 0.0908. The maximum absolute atomic E-state index is 12.0. The van der Waals surface area contributed by atoms with Crippen LogP contribution in [0, 0.1) is 0 Å². The van der Waals surface area contributed by atoms with Gasteiger partial charge in [0.1, 0.15) is 31.4 Å². The number of carbonyl (C=O) groups is 1. The molecule has 70 valence electrons. The fraction of sp³-hybridized carbons (Fsp3) is 0. The summed E-state index contributed by atoms with van der Waals surface area (Å²) in [6, 6.07) is 2.08. The lowest BCUT2D eigenvalue weighted by molar-refractivity contribution is 0.0925. The summed E-state index contributed by atoms with van der Waals surface area (Å²) in [5, 5.41) is 0. The highest BCUT2D eigenvalue weighted by atomic mass is 16.2. The molecule has 0 aliphatic heterocycles. The van der Waals surface area contributed by atoms with Crippen molar-refractivity contribution in [3.8, 4) is 0 Å². The number of benzene rings is 1. The molecule has 0 unspecified atom stereocenters. The monoisotopic (exact) mass is 193 g/mol. The third-order valence-corrected chi connectivity index (χ3v) is 2.98. The molecule has 0 bridgehead atoms. The predicted molar refractivity (Wildman–Crippen MR) is 82.4 cm³/mol. The van der Waals surface area contributed by atoms with Crippen LogP contribution in [-0.4, -0.2) is 58.0 Å². The highest BCUT2D eigenvalue weighted by Crippen LogP contribution is 1.91. The largest absolute Gasteiger partial charge is 0.439 e. The fourth-order valence-electron chi connectivity index (χ4n) is 1.84. The fourth-order valence-corrected chi connectivity index (χ4v) is 1.84. The third kappa shape index (κ3) is 2.19. The van der Waals surface area contributed by atoms with Gasteiger partial charge in [0.05, 0.1) is 0 Å². The van der Waals surface area contributed by atoms with Crippen LogP contribution >= 0.6 is 0 Å².